The van der Waals surface area contributed by atoms with Gasteiger partial charge in [0.1, 0.15) is 5.75 Å². The zero-order valence-corrected chi connectivity index (χ0v) is 15.8. The molecule has 2 amide bonds. The van der Waals surface area contributed by atoms with Crippen LogP contribution < -0.4 is 10.1 Å². The third kappa shape index (κ3) is 5.21. The van der Waals surface area contributed by atoms with E-state index in [1.165, 1.54) is 0 Å². The number of rotatable bonds is 5. The molecule has 5 nitrogen and oxygen atoms in total. The maximum Gasteiger partial charge on any atom is 0.227 e. The smallest absolute Gasteiger partial charge is 0.227 e. The van der Waals surface area contributed by atoms with Gasteiger partial charge in [0.05, 0.1) is 12.3 Å². The number of hydrogen-bond acceptors (Lipinski definition) is 3. The number of nitrogens with one attached hydrogen (secondary N) is 1. The third-order valence-electron chi connectivity index (χ3n) is 4.40. The van der Waals surface area contributed by atoms with Crippen molar-refractivity contribution in [2.45, 2.75) is 47.0 Å². The van der Waals surface area contributed by atoms with Crippen LogP contribution in [0.4, 0.5) is 5.69 Å². The molecule has 1 aromatic carbocycles. The highest BCUT2D eigenvalue weighted by atomic mass is 16.5. The molecule has 0 saturated carbocycles. The average Bonchev–Trinajstić information content (AvgIpc) is 2.59. The predicted molar refractivity (Wildman–Crippen MR) is 99.6 cm³/mol. The Morgan fingerprint density at radius 2 is 1.84 bits per heavy atom. The van der Waals surface area contributed by atoms with E-state index in [4.69, 9.17) is 4.74 Å². The molecule has 1 fully saturated rings. The van der Waals surface area contributed by atoms with Crippen molar-refractivity contribution in [1.82, 2.24) is 4.90 Å². The van der Waals surface area contributed by atoms with Gasteiger partial charge >= 0.3 is 0 Å². The lowest BCUT2D eigenvalue weighted by Crippen LogP contribution is -2.45. The fourth-order valence-corrected chi connectivity index (χ4v) is 2.96. The Labute approximate surface area is 150 Å². The molecule has 0 radical (unpaired) electrons. The second-order valence-electron chi connectivity index (χ2n) is 7.65. The van der Waals surface area contributed by atoms with Gasteiger partial charge in [0.25, 0.3) is 0 Å². The van der Waals surface area contributed by atoms with Gasteiger partial charge in [0.15, 0.2) is 0 Å². The fraction of sp³-hybridized carbons (Fsp3) is 0.600. The van der Waals surface area contributed by atoms with E-state index in [9.17, 15) is 9.59 Å². The van der Waals surface area contributed by atoms with Crippen molar-refractivity contribution >= 4 is 17.5 Å². The van der Waals surface area contributed by atoms with Gasteiger partial charge in [-0.25, -0.2) is 0 Å². The highest BCUT2D eigenvalue weighted by Crippen LogP contribution is 2.27. The highest BCUT2D eigenvalue weighted by Gasteiger charge is 2.32. The van der Waals surface area contributed by atoms with E-state index in [0.29, 0.717) is 44.0 Å². The predicted octanol–water partition coefficient (Wildman–Crippen LogP) is 3.70. The zero-order valence-electron chi connectivity index (χ0n) is 15.8. The highest BCUT2D eigenvalue weighted by molar-refractivity contribution is 5.94. The molecule has 2 rings (SSSR count). The molecule has 25 heavy (non-hydrogen) atoms. The zero-order chi connectivity index (χ0) is 18.4. The van der Waals surface area contributed by atoms with Gasteiger partial charge in [-0.05, 0) is 31.4 Å². The first-order valence-corrected chi connectivity index (χ1v) is 9.15. The summed E-state index contributed by atoms with van der Waals surface area (Å²) in [4.78, 5) is 26.8. The first-order valence-electron chi connectivity index (χ1n) is 9.15. The van der Waals surface area contributed by atoms with Crippen LogP contribution in [0.2, 0.25) is 0 Å². The lowest BCUT2D eigenvalue weighted by Gasteiger charge is -2.35. The van der Waals surface area contributed by atoms with Crippen LogP contribution in [-0.2, 0) is 9.59 Å². The number of anilines is 1. The number of ether oxygens (including phenoxy) is 1. The molecular weight excluding hydrogens is 316 g/mol. The van der Waals surface area contributed by atoms with Crippen molar-refractivity contribution in [2.24, 2.45) is 11.3 Å². The molecule has 0 aliphatic carbocycles. The van der Waals surface area contributed by atoms with Crippen molar-refractivity contribution < 1.29 is 14.3 Å². The minimum Gasteiger partial charge on any atom is -0.491 e. The van der Waals surface area contributed by atoms with Crippen LogP contribution in [0.3, 0.4) is 0 Å². The van der Waals surface area contributed by atoms with E-state index >= 15 is 0 Å². The second-order valence-corrected chi connectivity index (χ2v) is 7.65. The van der Waals surface area contributed by atoms with Crippen LogP contribution >= 0.6 is 0 Å². The summed E-state index contributed by atoms with van der Waals surface area (Å²) >= 11 is 0. The quantitative estimate of drug-likeness (QED) is 0.884. The molecule has 0 atom stereocenters. The van der Waals surface area contributed by atoms with Gasteiger partial charge in [-0.2, -0.15) is 0 Å². The molecular formula is C20H30N2O3. The second kappa shape index (κ2) is 8.37. The number of hydrogen-bond donors (Lipinski definition) is 1. The summed E-state index contributed by atoms with van der Waals surface area (Å²) in [6.45, 7) is 9.75. The van der Waals surface area contributed by atoms with Crippen LogP contribution in [0.5, 0.6) is 5.75 Å². The van der Waals surface area contributed by atoms with E-state index in [0.717, 1.165) is 6.42 Å². The molecule has 0 aromatic heterocycles. The Hall–Kier alpha value is -2.04. The molecule has 1 aliphatic heterocycles. The molecule has 0 spiro atoms. The molecule has 0 unspecified atom stereocenters. The summed E-state index contributed by atoms with van der Waals surface area (Å²) in [6, 6.07) is 7.52. The summed E-state index contributed by atoms with van der Waals surface area (Å²) < 4.78 is 5.69. The SMILES string of the molecule is CCCOc1ccccc1NC(=O)C1CCN(C(=O)C(C)(C)C)CC1. The van der Waals surface area contributed by atoms with Gasteiger partial charge < -0.3 is 15.0 Å². The van der Waals surface area contributed by atoms with Crippen LogP contribution in [0.15, 0.2) is 24.3 Å². The van der Waals surface area contributed by atoms with Gasteiger partial charge in [-0.3, -0.25) is 9.59 Å². The number of carbonyl (C=O) groups excluding carboxylic acids is 2. The minimum absolute atomic E-state index is 0.00964. The van der Waals surface area contributed by atoms with Crippen LogP contribution in [0.1, 0.15) is 47.0 Å². The maximum atomic E-state index is 12.6. The summed E-state index contributed by atoms with van der Waals surface area (Å²) in [5.41, 5.74) is 0.346. The Morgan fingerprint density at radius 1 is 1.20 bits per heavy atom. The number of amides is 2. The Morgan fingerprint density at radius 3 is 2.44 bits per heavy atom. The summed E-state index contributed by atoms with van der Waals surface area (Å²) in [6.07, 6.45) is 2.32. The Kier molecular flexibility index (Phi) is 6.45. The Balaban J connectivity index is 1.92. The normalized spacial score (nSPS) is 15.8. The average molecular weight is 346 g/mol. The molecule has 1 heterocycles. The molecule has 0 bridgehead atoms. The number of piperidine rings is 1. The molecule has 5 heteroatoms. The van der Waals surface area contributed by atoms with Crippen LogP contribution in [0.25, 0.3) is 0 Å². The molecule has 1 N–H and O–H groups in total. The maximum absolute atomic E-state index is 12.6. The van der Waals surface area contributed by atoms with Crippen molar-refractivity contribution in [3.05, 3.63) is 24.3 Å². The summed E-state index contributed by atoms with van der Waals surface area (Å²) in [7, 11) is 0. The number of likely N-dealkylation sites (tertiary alicyclic amines) is 1. The first-order chi connectivity index (χ1) is 11.8. The van der Waals surface area contributed by atoms with E-state index in [2.05, 4.69) is 5.32 Å². The van der Waals surface area contributed by atoms with E-state index in [1.807, 2.05) is 56.9 Å². The van der Waals surface area contributed by atoms with Gasteiger partial charge in [0, 0.05) is 24.4 Å². The summed E-state index contributed by atoms with van der Waals surface area (Å²) in [5.74, 6) is 0.807. The molecule has 1 aromatic rings. The summed E-state index contributed by atoms with van der Waals surface area (Å²) in [5, 5.41) is 3.00. The first kappa shape index (κ1) is 19.3. The van der Waals surface area contributed by atoms with Crippen molar-refractivity contribution in [3.63, 3.8) is 0 Å². The molecule has 1 saturated heterocycles. The van der Waals surface area contributed by atoms with Gasteiger partial charge in [0.2, 0.25) is 11.8 Å². The lowest BCUT2D eigenvalue weighted by atomic mass is 9.90. The molecule has 1 aliphatic rings. The molecule has 138 valence electrons. The number of benzene rings is 1. The van der Waals surface area contributed by atoms with Gasteiger partial charge in [-0.1, -0.05) is 39.8 Å². The monoisotopic (exact) mass is 346 g/mol. The number of para-hydroxylation sites is 2. The van der Waals surface area contributed by atoms with Crippen molar-refractivity contribution in [3.8, 4) is 5.75 Å². The standard InChI is InChI=1S/C20H30N2O3/c1-5-14-25-17-9-7-6-8-16(17)21-18(23)15-10-12-22(13-11-15)19(24)20(2,3)4/h6-9,15H,5,10-14H2,1-4H3,(H,21,23). The Bertz CT molecular complexity index is 599. The number of carbonyl (C=O) groups is 2. The van der Waals surface area contributed by atoms with Crippen LogP contribution in [-0.4, -0.2) is 36.4 Å². The van der Waals surface area contributed by atoms with Crippen LogP contribution in [0, 0.1) is 11.3 Å². The largest absolute Gasteiger partial charge is 0.491 e. The van der Waals surface area contributed by atoms with Gasteiger partial charge in [-0.15, -0.1) is 0 Å². The van der Waals surface area contributed by atoms with Crippen molar-refractivity contribution in [2.75, 3.05) is 25.0 Å². The van der Waals surface area contributed by atoms with E-state index < -0.39 is 0 Å². The van der Waals surface area contributed by atoms with Crippen molar-refractivity contribution in [1.29, 1.82) is 0 Å². The fourth-order valence-electron chi connectivity index (χ4n) is 2.96. The minimum atomic E-state index is -0.370. The third-order valence-corrected chi connectivity index (χ3v) is 4.40. The number of nitrogens with zero attached hydrogens (tertiary/aromatic N) is 1. The topological polar surface area (TPSA) is 58.6 Å². The van der Waals surface area contributed by atoms with E-state index in [-0.39, 0.29) is 23.1 Å². The lowest BCUT2D eigenvalue weighted by molar-refractivity contribution is -0.142. The van der Waals surface area contributed by atoms with E-state index in [1.54, 1.807) is 0 Å².